The Bertz CT molecular complexity index is 446. The molecule has 3 nitrogen and oxygen atoms in total. The van der Waals surface area contributed by atoms with Gasteiger partial charge >= 0.3 is 0 Å². The largest absolute Gasteiger partial charge is 0.508 e. The summed E-state index contributed by atoms with van der Waals surface area (Å²) >= 11 is 0. The molecule has 3 N–H and O–H groups in total. The van der Waals surface area contributed by atoms with Crippen molar-refractivity contribution in [3.8, 4) is 5.75 Å². The van der Waals surface area contributed by atoms with Crippen LogP contribution in [0.1, 0.15) is 58.1 Å². The molecule has 3 heteroatoms. The van der Waals surface area contributed by atoms with E-state index in [0.29, 0.717) is 17.7 Å². The summed E-state index contributed by atoms with van der Waals surface area (Å²) in [6, 6.07) is 7.40. The van der Waals surface area contributed by atoms with Crippen molar-refractivity contribution in [3.05, 3.63) is 29.8 Å². The van der Waals surface area contributed by atoms with Crippen molar-refractivity contribution in [1.82, 2.24) is 5.32 Å². The summed E-state index contributed by atoms with van der Waals surface area (Å²) < 4.78 is 0. The standard InChI is InChI=1S/C17H27NO2/c1-13(14-6-4-5-7-15(14)19)18-12-17(20)10-8-16(2,3)9-11-17/h4-7,13,18-20H,8-12H2,1-3H3. The summed E-state index contributed by atoms with van der Waals surface area (Å²) in [6.07, 6.45) is 3.83. The molecule has 1 aliphatic rings. The first kappa shape index (κ1) is 15.3. The van der Waals surface area contributed by atoms with Crippen LogP contribution in [0.25, 0.3) is 0 Å². The lowest BCUT2D eigenvalue weighted by atomic mass is 9.71. The molecule has 20 heavy (non-hydrogen) atoms. The zero-order valence-electron chi connectivity index (χ0n) is 12.8. The van der Waals surface area contributed by atoms with E-state index >= 15 is 0 Å². The maximum absolute atomic E-state index is 10.6. The molecule has 0 aliphatic heterocycles. The van der Waals surface area contributed by atoms with Crippen LogP contribution in [0.4, 0.5) is 0 Å². The number of aliphatic hydroxyl groups is 1. The van der Waals surface area contributed by atoms with Gasteiger partial charge in [0.05, 0.1) is 5.60 Å². The number of benzene rings is 1. The lowest BCUT2D eigenvalue weighted by molar-refractivity contribution is -0.0258. The second-order valence-corrected chi connectivity index (χ2v) is 7.05. The van der Waals surface area contributed by atoms with E-state index in [1.807, 2.05) is 25.1 Å². The topological polar surface area (TPSA) is 52.5 Å². The van der Waals surface area contributed by atoms with Crippen LogP contribution in [0.3, 0.4) is 0 Å². The van der Waals surface area contributed by atoms with E-state index in [1.54, 1.807) is 6.07 Å². The molecule has 0 saturated heterocycles. The van der Waals surface area contributed by atoms with E-state index in [4.69, 9.17) is 0 Å². The highest BCUT2D eigenvalue weighted by molar-refractivity contribution is 5.34. The van der Waals surface area contributed by atoms with Crippen molar-refractivity contribution in [2.24, 2.45) is 5.41 Å². The quantitative estimate of drug-likeness (QED) is 0.791. The van der Waals surface area contributed by atoms with Gasteiger partial charge in [-0.15, -0.1) is 0 Å². The summed E-state index contributed by atoms with van der Waals surface area (Å²) in [6.45, 7) is 7.14. The van der Waals surface area contributed by atoms with Crippen LogP contribution in [0, 0.1) is 5.41 Å². The Morgan fingerprint density at radius 2 is 1.75 bits per heavy atom. The first-order valence-electron chi connectivity index (χ1n) is 7.55. The number of rotatable bonds is 4. The van der Waals surface area contributed by atoms with E-state index in [9.17, 15) is 10.2 Å². The number of hydrogen-bond acceptors (Lipinski definition) is 3. The minimum absolute atomic E-state index is 0.0372. The molecule has 0 spiro atoms. The number of aromatic hydroxyl groups is 1. The molecule has 0 radical (unpaired) electrons. The average molecular weight is 277 g/mol. The number of para-hydroxylation sites is 1. The van der Waals surface area contributed by atoms with Crippen molar-refractivity contribution < 1.29 is 10.2 Å². The van der Waals surface area contributed by atoms with E-state index in [1.165, 1.54) is 0 Å². The molecule has 0 bridgehead atoms. The van der Waals surface area contributed by atoms with Gasteiger partial charge in [-0.2, -0.15) is 0 Å². The summed E-state index contributed by atoms with van der Waals surface area (Å²) in [4.78, 5) is 0. The zero-order chi connectivity index (χ0) is 14.8. The predicted octanol–water partition coefficient (Wildman–Crippen LogP) is 3.37. The van der Waals surface area contributed by atoms with Gasteiger partial charge in [0.2, 0.25) is 0 Å². The third kappa shape index (κ3) is 3.74. The number of phenolic OH excluding ortho intramolecular Hbond substituents is 1. The van der Waals surface area contributed by atoms with Crippen molar-refractivity contribution in [3.63, 3.8) is 0 Å². The van der Waals surface area contributed by atoms with Gasteiger partial charge in [-0.1, -0.05) is 32.0 Å². The van der Waals surface area contributed by atoms with Gasteiger partial charge in [0.1, 0.15) is 5.75 Å². The maximum atomic E-state index is 10.6. The highest BCUT2D eigenvalue weighted by Gasteiger charge is 2.36. The smallest absolute Gasteiger partial charge is 0.120 e. The summed E-state index contributed by atoms with van der Waals surface area (Å²) in [5.74, 6) is 0.310. The fraction of sp³-hybridized carbons (Fsp3) is 0.647. The predicted molar refractivity (Wildman–Crippen MR) is 81.7 cm³/mol. The fourth-order valence-electron chi connectivity index (χ4n) is 2.88. The molecule has 2 rings (SSSR count). The summed E-state index contributed by atoms with van der Waals surface area (Å²) in [5, 5.41) is 23.9. The normalized spacial score (nSPS) is 22.4. The highest BCUT2D eigenvalue weighted by Crippen LogP contribution is 2.40. The first-order chi connectivity index (χ1) is 9.31. The van der Waals surface area contributed by atoms with Crippen LogP contribution >= 0.6 is 0 Å². The Morgan fingerprint density at radius 1 is 1.15 bits per heavy atom. The summed E-state index contributed by atoms with van der Waals surface area (Å²) in [5.41, 5.74) is 0.635. The van der Waals surface area contributed by atoms with Crippen LogP contribution < -0.4 is 5.32 Å². The highest BCUT2D eigenvalue weighted by atomic mass is 16.3. The Labute approximate surface area is 122 Å². The van der Waals surface area contributed by atoms with Crippen molar-refractivity contribution in [2.75, 3.05) is 6.54 Å². The molecule has 1 saturated carbocycles. The van der Waals surface area contributed by atoms with Crippen molar-refractivity contribution >= 4 is 0 Å². The van der Waals surface area contributed by atoms with Gasteiger partial charge in [-0.3, -0.25) is 0 Å². The molecule has 0 aromatic heterocycles. The van der Waals surface area contributed by atoms with Crippen LogP contribution in [-0.4, -0.2) is 22.4 Å². The van der Waals surface area contributed by atoms with E-state index in [2.05, 4.69) is 19.2 Å². The molecule has 0 heterocycles. The minimum Gasteiger partial charge on any atom is -0.508 e. The molecule has 112 valence electrons. The molecule has 1 aliphatic carbocycles. The number of nitrogens with one attached hydrogen (secondary N) is 1. The van der Waals surface area contributed by atoms with Gasteiger partial charge in [0, 0.05) is 18.2 Å². The summed E-state index contributed by atoms with van der Waals surface area (Å²) in [7, 11) is 0. The third-order valence-corrected chi connectivity index (χ3v) is 4.67. The first-order valence-corrected chi connectivity index (χ1v) is 7.55. The molecule has 1 fully saturated rings. The number of hydrogen-bond donors (Lipinski definition) is 3. The van der Waals surface area contributed by atoms with Crippen LogP contribution in [0.5, 0.6) is 5.75 Å². The average Bonchev–Trinajstić information content (AvgIpc) is 2.41. The van der Waals surface area contributed by atoms with Crippen molar-refractivity contribution in [1.29, 1.82) is 0 Å². The minimum atomic E-state index is -0.603. The SMILES string of the molecule is CC(NCC1(O)CCC(C)(C)CC1)c1ccccc1O. The maximum Gasteiger partial charge on any atom is 0.120 e. The molecular weight excluding hydrogens is 250 g/mol. The second-order valence-electron chi connectivity index (χ2n) is 7.05. The van der Waals surface area contributed by atoms with Gasteiger partial charge in [0.15, 0.2) is 0 Å². The number of phenols is 1. The van der Waals surface area contributed by atoms with E-state index < -0.39 is 5.60 Å². The molecule has 1 aromatic rings. The lowest BCUT2D eigenvalue weighted by Gasteiger charge is -2.40. The van der Waals surface area contributed by atoms with E-state index in [-0.39, 0.29) is 6.04 Å². The van der Waals surface area contributed by atoms with Gasteiger partial charge in [0.25, 0.3) is 0 Å². The molecule has 1 unspecified atom stereocenters. The monoisotopic (exact) mass is 277 g/mol. The van der Waals surface area contributed by atoms with Crippen LogP contribution in [0.15, 0.2) is 24.3 Å². The van der Waals surface area contributed by atoms with Crippen LogP contribution in [-0.2, 0) is 0 Å². The van der Waals surface area contributed by atoms with Crippen LogP contribution in [0.2, 0.25) is 0 Å². The Hall–Kier alpha value is -1.06. The third-order valence-electron chi connectivity index (χ3n) is 4.67. The van der Waals surface area contributed by atoms with Gasteiger partial charge in [-0.25, -0.2) is 0 Å². The van der Waals surface area contributed by atoms with E-state index in [0.717, 1.165) is 31.2 Å². The fourth-order valence-corrected chi connectivity index (χ4v) is 2.88. The van der Waals surface area contributed by atoms with Gasteiger partial charge in [-0.05, 0) is 44.1 Å². The Balaban J connectivity index is 1.91. The molecule has 0 amide bonds. The zero-order valence-corrected chi connectivity index (χ0v) is 12.8. The molecule has 1 atom stereocenters. The molecular formula is C17H27NO2. The van der Waals surface area contributed by atoms with Crippen molar-refractivity contribution in [2.45, 2.75) is 58.1 Å². The Morgan fingerprint density at radius 3 is 2.35 bits per heavy atom. The second kappa shape index (κ2) is 5.74. The lowest BCUT2D eigenvalue weighted by Crippen LogP contribution is -2.45. The van der Waals surface area contributed by atoms with Gasteiger partial charge < -0.3 is 15.5 Å². The molecule has 1 aromatic carbocycles. The Kier molecular flexibility index (Phi) is 4.40.